The van der Waals surface area contributed by atoms with Crippen LogP contribution in [0.2, 0.25) is 5.15 Å². The van der Waals surface area contributed by atoms with Crippen molar-refractivity contribution in [1.82, 2.24) is 9.97 Å². The molecule has 1 aromatic carbocycles. The van der Waals surface area contributed by atoms with Gasteiger partial charge < -0.3 is 5.32 Å². The standard InChI is InChI=1S/C11H6ClN5O2/c12-10-9(17(18)19)11(15-6-14-10)16-8-4-2-1-3-7(8)5-13/h1-4,6H,(H,14,15,16). The third kappa shape index (κ3) is 2.59. The molecule has 0 unspecified atom stereocenters. The summed E-state index contributed by atoms with van der Waals surface area (Å²) in [6, 6.07) is 8.54. The quantitative estimate of drug-likeness (QED) is 0.524. The number of hydrogen-bond acceptors (Lipinski definition) is 6. The number of rotatable bonds is 3. The summed E-state index contributed by atoms with van der Waals surface area (Å²) in [5, 5.41) is 22.3. The first-order valence-corrected chi connectivity index (χ1v) is 5.42. The molecule has 7 nitrogen and oxygen atoms in total. The van der Waals surface area contributed by atoms with Crippen LogP contribution in [0.1, 0.15) is 5.56 Å². The van der Waals surface area contributed by atoms with Crippen LogP contribution in [0, 0.1) is 21.4 Å². The SMILES string of the molecule is N#Cc1ccccc1Nc1ncnc(Cl)c1[N+](=O)[O-]. The summed E-state index contributed by atoms with van der Waals surface area (Å²) in [7, 11) is 0. The van der Waals surface area contributed by atoms with Crippen molar-refractivity contribution in [3.8, 4) is 6.07 Å². The molecule has 0 spiro atoms. The zero-order valence-electron chi connectivity index (χ0n) is 9.37. The molecule has 0 amide bonds. The molecule has 0 saturated carbocycles. The Kier molecular flexibility index (Phi) is 3.54. The van der Waals surface area contributed by atoms with Crippen molar-refractivity contribution < 1.29 is 4.92 Å². The summed E-state index contributed by atoms with van der Waals surface area (Å²) in [6.45, 7) is 0. The van der Waals surface area contributed by atoms with E-state index in [-0.39, 0.29) is 11.0 Å². The smallest absolute Gasteiger partial charge is 0.333 e. The number of nitro groups is 1. The molecule has 8 heteroatoms. The fourth-order valence-electron chi connectivity index (χ4n) is 1.43. The molecule has 0 aliphatic heterocycles. The molecule has 1 aromatic heterocycles. The van der Waals surface area contributed by atoms with E-state index in [1.807, 2.05) is 6.07 Å². The molecule has 0 aliphatic rings. The van der Waals surface area contributed by atoms with Crippen LogP contribution >= 0.6 is 11.6 Å². The Balaban J connectivity index is 2.48. The van der Waals surface area contributed by atoms with E-state index in [0.717, 1.165) is 6.33 Å². The van der Waals surface area contributed by atoms with Gasteiger partial charge in [0.15, 0.2) is 0 Å². The third-order valence-corrected chi connectivity index (χ3v) is 2.54. The van der Waals surface area contributed by atoms with Gasteiger partial charge in [0.2, 0.25) is 11.0 Å². The lowest BCUT2D eigenvalue weighted by atomic mass is 10.2. The van der Waals surface area contributed by atoms with Crippen molar-refractivity contribution in [2.24, 2.45) is 0 Å². The second-order valence-electron chi connectivity index (χ2n) is 3.40. The second-order valence-corrected chi connectivity index (χ2v) is 3.76. The van der Waals surface area contributed by atoms with Crippen LogP contribution in [-0.2, 0) is 0 Å². The maximum absolute atomic E-state index is 10.9. The van der Waals surface area contributed by atoms with Gasteiger partial charge in [-0.15, -0.1) is 0 Å². The maximum Gasteiger partial charge on any atom is 0.348 e. The lowest BCUT2D eigenvalue weighted by molar-refractivity contribution is -0.384. The predicted molar refractivity (Wildman–Crippen MR) is 68.1 cm³/mol. The van der Waals surface area contributed by atoms with Gasteiger partial charge in [0.25, 0.3) is 0 Å². The Labute approximate surface area is 112 Å². The maximum atomic E-state index is 10.9. The van der Waals surface area contributed by atoms with Crippen LogP contribution in [-0.4, -0.2) is 14.9 Å². The number of halogens is 1. The molecular formula is C11H6ClN5O2. The van der Waals surface area contributed by atoms with Gasteiger partial charge in [-0.05, 0) is 12.1 Å². The number of anilines is 2. The summed E-state index contributed by atoms with van der Waals surface area (Å²) < 4.78 is 0. The number of nitrogens with zero attached hydrogens (tertiary/aromatic N) is 4. The van der Waals surface area contributed by atoms with Crippen LogP contribution in [0.4, 0.5) is 17.2 Å². The molecule has 19 heavy (non-hydrogen) atoms. The molecule has 0 aliphatic carbocycles. The number of nitrogens with one attached hydrogen (secondary N) is 1. The Morgan fingerprint density at radius 3 is 2.79 bits per heavy atom. The van der Waals surface area contributed by atoms with Gasteiger partial charge in [0, 0.05) is 0 Å². The van der Waals surface area contributed by atoms with Crippen LogP contribution in [0.3, 0.4) is 0 Å². The monoisotopic (exact) mass is 275 g/mol. The van der Waals surface area contributed by atoms with E-state index in [1.54, 1.807) is 24.3 Å². The van der Waals surface area contributed by atoms with E-state index in [0.29, 0.717) is 11.3 Å². The average Bonchev–Trinajstić information content (AvgIpc) is 2.39. The molecule has 0 atom stereocenters. The van der Waals surface area contributed by atoms with Crippen molar-refractivity contribution in [3.05, 3.63) is 51.4 Å². The van der Waals surface area contributed by atoms with E-state index >= 15 is 0 Å². The fourth-order valence-corrected chi connectivity index (χ4v) is 1.63. The van der Waals surface area contributed by atoms with E-state index in [2.05, 4.69) is 15.3 Å². The summed E-state index contributed by atoms with van der Waals surface area (Å²) >= 11 is 5.67. The van der Waals surface area contributed by atoms with Crippen molar-refractivity contribution in [3.63, 3.8) is 0 Å². The van der Waals surface area contributed by atoms with Crippen LogP contribution in [0.5, 0.6) is 0 Å². The number of hydrogen-bond donors (Lipinski definition) is 1. The Bertz CT molecular complexity index is 683. The van der Waals surface area contributed by atoms with Gasteiger partial charge >= 0.3 is 5.69 Å². The van der Waals surface area contributed by atoms with Gasteiger partial charge in [-0.1, -0.05) is 23.7 Å². The largest absolute Gasteiger partial charge is 0.348 e. The highest BCUT2D eigenvalue weighted by Crippen LogP contribution is 2.31. The van der Waals surface area contributed by atoms with Crippen LogP contribution in [0.25, 0.3) is 0 Å². The minimum Gasteiger partial charge on any atom is -0.333 e. The van der Waals surface area contributed by atoms with Gasteiger partial charge in [0.05, 0.1) is 16.2 Å². The minimum atomic E-state index is -0.681. The molecular weight excluding hydrogens is 270 g/mol. The number of benzene rings is 1. The van der Waals surface area contributed by atoms with Crippen molar-refractivity contribution in [2.45, 2.75) is 0 Å². The first kappa shape index (κ1) is 12.7. The molecule has 0 bridgehead atoms. The molecule has 1 heterocycles. The molecule has 0 saturated heterocycles. The average molecular weight is 276 g/mol. The Hall–Kier alpha value is -2.72. The first-order chi connectivity index (χ1) is 9.13. The Morgan fingerprint density at radius 2 is 2.11 bits per heavy atom. The molecule has 0 fully saturated rings. The highest BCUT2D eigenvalue weighted by Gasteiger charge is 2.22. The van der Waals surface area contributed by atoms with Gasteiger partial charge in [-0.25, -0.2) is 9.97 Å². The van der Waals surface area contributed by atoms with E-state index in [9.17, 15) is 10.1 Å². The molecule has 2 aromatic rings. The van der Waals surface area contributed by atoms with Crippen molar-refractivity contribution in [2.75, 3.05) is 5.32 Å². The fraction of sp³-hybridized carbons (Fsp3) is 0. The van der Waals surface area contributed by atoms with Gasteiger partial charge in [0.1, 0.15) is 12.4 Å². The highest BCUT2D eigenvalue weighted by molar-refractivity contribution is 6.31. The predicted octanol–water partition coefficient (Wildman–Crippen LogP) is 2.65. The van der Waals surface area contributed by atoms with Gasteiger partial charge in [-0.2, -0.15) is 5.26 Å². The Morgan fingerprint density at radius 1 is 1.37 bits per heavy atom. The minimum absolute atomic E-state index is 0.0623. The van der Waals surface area contributed by atoms with E-state index in [1.165, 1.54) is 0 Å². The third-order valence-electron chi connectivity index (χ3n) is 2.26. The normalized spacial score (nSPS) is 9.68. The van der Waals surface area contributed by atoms with Crippen molar-refractivity contribution >= 4 is 28.8 Å². The van der Waals surface area contributed by atoms with Crippen LogP contribution < -0.4 is 5.32 Å². The summed E-state index contributed by atoms with van der Waals surface area (Å²) in [6.07, 6.45) is 1.10. The van der Waals surface area contributed by atoms with E-state index in [4.69, 9.17) is 16.9 Å². The number of para-hydroxylation sites is 1. The lowest BCUT2D eigenvalue weighted by Crippen LogP contribution is -2.02. The first-order valence-electron chi connectivity index (χ1n) is 5.04. The molecule has 2 rings (SSSR count). The summed E-state index contributed by atoms with van der Waals surface area (Å²) in [5.74, 6) is -0.0623. The molecule has 1 N–H and O–H groups in total. The van der Waals surface area contributed by atoms with E-state index < -0.39 is 10.6 Å². The zero-order chi connectivity index (χ0) is 13.8. The number of aromatic nitrogens is 2. The van der Waals surface area contributed by atoms with Crippen molar-refractivity contribution in [1.29, 1.82) is 5.26 Å². The second kappa shape index (κ2) is 5.29. The summed E-state index contributed by atoms with van der Waals surface area (Å²) in [4.78, 5) is 17.6. The number of nitriles is 1. The highest BCUT2D eigenvalue weighted by atomic mass is 35.5. The molecule has 94 valence electrons. The zero-order valence-corrected chi connectivity index (χ0v) is 10.1. The topological polar surface area (TPSA) is 105 Å². The van der Waals surface area contributed by atoms with Crippen LogP contribution in [0.15, 0.2) is 30.6 Å². The summed E-state index contributed by atoms with van der Waals surface area (Å²) in [5.41, 5.74) is 0.311. The van der Waals surface area contributed by atoms with Gasteiger partial charge in [-0.3, -0.25) is 10.1 Å². The molecule has 0 radical (unpaired) electrons. The lowest BCUT2D eigenvalue weighted by Gasteiger charge is -2.07.